The van der Waals surface area contributed by atoms with Crippen LogP contribution in [0, 0.1) is 11.3 Å². The first-order valence-electron chi connectivity index (χ1n) is 23.4. The third-order valence-electron chi connectivity index (χ3n) is 12.2. The number of nitriles is 1. The quantitative estimate of drug-likeness (QED) is 0.0339. The number of rotatable bonds is 23. The number of benzene rings is 3. The molecule has 72 heavy (non-hydrogen) atoms. The van der Waals surface area contributed by atoms with Crippen molar-refractivity contribution in [3.8, 4) is 17.6 Å². The van der Waals surface area contributed by atoms with Gasteiger partial charge in [0.15, 0.2) is 18.6 Å². The second-order valence-electron chi connectivity index (χ2n) is 17.4. The minimum absolute atomic E-state index is 0.0539. The molecule has 9 atom stereocenters. The second-order valence-corrected chi connectivity index (χ2v) is 18.8. The summed E-state index contributed by atoms with van der Waals surface area (Å²) in [7, 11) is 2.72. The standard InChI is InChI=1S/C51H60FN6O13P/c1-32(2)58(33(3)4)72(68-30-12-26-53)71-45-39(69-48(46(45)65-7)57-28-25-42(60)55-50(57)62)15-11-29-66-44-40(70-47(43(44)52)56-27-24-41(59)54-49(56)61)31-67-51(34-13-9-8-10-14-34,35-16-20-37(63-5)21-17-35)36-18-22-38(64-6)23-19-36/h8-11,13-25,27-28,32-33,39-40,43-48H,12,29-31H2,1-7H3,(H,54,59,61)(H,55,60,62)/b15-11-/t39-,40-,43-,44-,45-,46-,47-,48-,72?/m1/s1. The van der Waals surface area contributed by atoms with Crippen molar-refractivity contribution in [2.45, 2.75) is 101 Å². The van der Waals surface area contributed by atoms with E-state index in [-0.39, 0.29) is 38.3 Å². The molecule has 0 amide bonds. The minimum atomic E-state index is -1.97. The molecule has 0 spiro atoms. The van der Waals surface area contributed by atoms with Gasteiger partial charge in [0.05, 0.1) is 46.5 Å². The highest BCUT2D eigenvalue weighted by molar-refractivity contribution is 7.44. The first-order valence-corrected chi connectivity index (χ1v) is 24.5. The Morgan fingerprint density at radius 2 is 1.32 bits per heavy atom. The van der Waals surface area contributed by atoms with Crippen LogP contribution in [0.1, 0.15) is 63.3 Å². The molecule has 3 aromatic carbocycles. The smallest absolute Gasteiger partial charge is 0.330 e. The molecular weight excluding hydrogens is 955 g/mol. The first-order chi connectivity index (χ1) is 34.7. The van der Waals surface area contributed by atoms with Crippen molar-refractivity contribution in [3.63, 3.8) is 0 Å². The Labute approximate surface area is 416 Å². The van der Waals surface area contributed by atoms with E-state index < -0.39 is 85.8 Å². The summed E-state index contributed by atoms with van der Waals surface area (Å²) in [5, 5.41) is 9.35. The molecule has 5 aromatic rings. The lowest BCUT2D eigenvalue weighted by atomic mass is 9.80. The Hall–Kier alpha value is -6.11. The Balaban J connectivity index is 1.23. The zero-order valence-corrected chi connectivity index (χ0v) is 41.9. The van der Waals surface area contributed by atoms with E-state index in [1.54, 1.807) is 26.4 Å². The van der Waals surface area contributed by atoms with Crippen molar-refractivity contribution in [2.75, 3.05) is 41.2 Å². The van der Waals surface area contributed by atoms with E-state index in [9.17, 15) is 24.4 Å². The Morgan fingerprint density at radius 1 is 0.764 bits per heavy atom. The van der Waals surface area contributed by atoms with Gasteiger partial charge in [0.2, 0.25) is 0 Å². The van der Waals surface area contributed by atoms with E-state index in [4.69, 9.17) is 42.2 Å². The fourth-order valence-corrected chi connectivity index (χ4v) is 10.7. The zero-order valence-electron chi connectivity index (χ0n) is 41.0. The molecule has 384 valence electrons. The maximum Gasteiger partial charge on any atom is 0.330 e. The van der Waals surface area contributed by atoms with Gasteiger partial charge >= 0.3 is 11.4 Å². The molecule has 19 nitrogen and oxygen atoms in total. The van der Waals surface area contributed by atoms with Crippen molar-refractivity contribution >= 4 is 8.53 Å². The lowest BCUT2D eigenvalue weighted by Crippen LogP contribution is -2.41. The molecule has 0 aliphatic carbocycles. The van der Waals surface area contributed by atoms with E-state index in [0.717, 1.165) is 22.4 Å². The number of nitrogens with one attached hydrogen (secondary N) is 2. The molecule has 0 saturated carbocycles. The molecule has 2 aromatic heterocycles. The highest BCUT2D eigenvalue weighted by Crippen LogP contribution is 2.51. The fraction of sp³-hybridized carbons (Fsp3) is 0.431. The molecule has 4 heterocycles. The molecule has 2 N–H and O–H groups in total. The van der Waals surface area contributed by atoms with Crippen LogP contribution in [0.3, 0.4) is 0 Å². The third kappa shape index (κ3) is 11.9. The average molecular weight is 1020 g/mol. The summed E-state index contributed by atoms with van der Waals surface area (Å²) < 4.78 is 77.6. The van der Waals surface area contributed by atoms with Gasteiger partial charge in [-0.05, 0) is 68.7 Å². The van der Waals surface area contributed by atoms with E-state index in [2.05, 4.69) is 16.0 Å². The average Bonchev–Trinajstić information content (AvgIpc) is 3.87. The highest BCUT2D eigenvalue weighted by atomic mass is 31.2. The van der Waals surface area contributed by atoms with Crippen molar-refractivity contribution in [2.24, 2.45) is 0 Å². The third-order valence-corrected chi connectivity index (χ3v) is 14.4. The van der Waals surface area contributed by atoms with Gasteiger partial charge in [0.1, 0.15) is 47.6 Å². The molecule has 1 unspecified atom stereocenters. The molecule has 2 aliphatic rings. The monoisotopic (exact) mass is 1010 g/mol. The first kappa shape index (κ1) is 53.7. The number of aromatic nitrogens is 4. The molecule has 2 aliphatic heterocycles. The Morgan fingerprint density at radius 3 is 1.83 bits per heavy atom. The van der Waals surface area contributed by atoms with E-state index >= 15 is 4.39 Å². The summed E-state index contributed by atoms with van der Waals surface area (Å²) in [6.07, 6.45) is -4.13. The van der Waals surface area contributed by atoms with E-state index in [0.29, 0.717) is 22.6 Å². The number of aromatic amines is 2. The maximum atomic E-state index is 17.1. The molecule has 2 fully saturated rings. The fourth-order valence-electron chi connectivity index (χ4n) is 8.96. The molecule has 7 rings (SSSR count). The number of methoxy groups -OCH3 is 3. The summed E-state index contributed by atoms with van der Waals surface area (Å²) >= 11 is 0. The Kier molecular flexibility index (Phi) is 18.3. The van der Waals surface area contributed by atoms with Gasteiger partial charge in [-0.3, -0.25) is 28.7 Å². The molecule has 2 saturated heterocycles. The van der Waals surface area contributed by atoms with Crippen LogP contribution < -0.4 is 32.0 Å². The highest BCUT2D eigenvalue weighted by Gasteiger charge is 2.51. The van der Waals surface area contributed by atoms with Gasteiger partial charge in [-0.1, -0.05) is 66.7 Å². The van der Waals surface area contributed by atoms with Gasteiger partial charge < -0.3 is 42.2 Å². The number of alkyl halides is 1. The molecule has 21 heteroatoms. The number of H-pyrrole nitrogens is 2. The van der Waals surface area contributed by atoms with Crippen LogP contribution in [0.4, 0.5) is 4.39 Å². The molecule has 0 radical (unpaired) electrons. The van der Waals surface area contributed by atoms with Crippen LogP contribution in [0.15, 0.2) is 135 Å². The SMILES string of the molecule is COc1ccc(C(OC[C@H]2O[C@@H](n3ccc(=O)[nH]c3=O)[C@H](F)[C@@H]2OC/C=C\[C@H]2O[C@@H](n3ccc(=O)[nH]c3=O)[C@H](OC)[C@@H]2OP(OCCC#N)N(C(C)C)C(C)C)(c2ccccc2)c2ccc(OC)cc2)cc1. The summed E-state index contributed by atoms with van der Waals surface area (Å²) in [4.78, 5) is 54.9. The number of hydrogen-bond acceptors (Lipinski definition) is 15. The van der Waals surface area contributed by atoms with Crippen LogP contribution >= 0.6 is 8.53 Å². The van der Waals surface area contributed by atoms with Crippen molar-refractivity contribution in [3.05, 3.63) is 174 Å². The maximum absolute atomic E-state index is 17.1. The normalized spacial score (nSPS) is 22.8. The number of nitrogens with zero attached hydrogens (tertiary/aromatic N) is 4. The van der Waals surface area contributed by atoms with E-state index in [1.165, 1.54) is 23.9 Å². The van der Waals surface area contributed by atoms with Gasteiger partial charge in [-0.25, -0.2) is 18.6 Å². The van der Waals surface area contributed by atoms with Crippen LogP contribution in [0.25, 0.3) is 0 Å². The zero-order chi connectivity index (χ0) is 51.5. The second kappa shape index (κ2) is 24.5. The summed E-state index contributed by atoms with van der Waals surface area (Å²) in [5.41, 5.74) is -2.08. The van der Waals surface area contributed by atoms with Gasteiger partial charge in [0.25, 0.3) is 19.6 Å². The number of ether oxygens (including phenoxy) is 7. The lowest BCUT2D eigenvalue weighted by molar-refractivity contribution is -0.102. The van der Waals surface area contributed by atoms with Crippen LogP contribution in [0.5, 0.6) is 11.5 Å². The lowest BCUT2D eigenvalue weighted by Gasteiger charge is -2.38. The predicted octanol–water partition coefficient (Wildman–Crippen LogP) is 5.86. The predicted molar refractivity (Wildman–Crippen MR) is 263 cm³/mol. The van der Waals surface area contributed by atoms with Gasteiger partial charge in [-0.15, -0.1) is 0 Å². The molecule has 0 bridgehead atoms. The van der Waals surface area contributed by atoms with Crippen molar-refractivity contribution in [1.29, 1.82) is 5.26 Å². The summed E-state index contributed by atoms with van der Waals surface area (Å²) in [6.45, 7) is 7.53. The topological polar surface area (TPSA) is 220 Å². The Bertz CT molecular complexity index is 2800. The van der Waals surface area contributed by atoms with Crippen LogP contribution in [-0.2, 0) is 38.3 Å². The number of hydrogen-bond donors (Lipinski definition) is 2. The van der Waals surface area contributed by atoms with Gasteiger partial charge in [0, 0.05) is 43.7 Å². The largest absolute Gasteiger partial charge is 0.497 e. The summed E-state index contributed by atoms with van der Waals surface area (Å²) in [5.74, 6) is 1.23. The van der Waals surface area contributed by atoms with Crippen LogP contribution in [-0.4, -0.2) is 114 Å². The van der Waals surface area contributed by atoms with Crippen LogP contribution in [0.2, 0.25) is 0 Å². The number of halogens is 1. The molecular formula is C51H60FN6O13P. The van der Waals surface area contributed by atoms with Crippen molar-refractivity contribution in [1.82, 2.24) is 23.8 Å². The van der Waals surface area contributed by atoms with E-state index in [1.807, 2.05) is 111 Å². The minimum Gasteiger partial charge on any atom is -0.497 e. The summed E-state index contributed by atoms with van der Waals surface area (Å²) in [6, 6.07) is 28.5. The van der Waals surface area contributed by atoms with Crippen molar-refractivity contribution < 1.29 is 46.6 Å². The van der Waals surface area contributed by atoms with Gasteiger partial charge in [-0.2, -0.15) is 5.26 Å².